The molecule has 5 aromatic carbocycles. The van der Waals surface area contributed by atoms with Gasteiger partial charge in [-0.15, -0.1) is 0 Å². The van der Waals surface area contributed by atoms with Crippen LogP contribution in [0.5, 0.6) is 0 Å². The third kappa shape index (κ3) is 3.88. The molecule has 0 unspecified atom stereocenters. The van der Waals surface area contributed by atoms with E-state index in [-0.39, 0.29) is 24.0 Å². The van der Waals surface area contributed by atoms with E-state index in [2.05, 4.69) is 90.8 Å². The van der Waals surface area contributed by atoms with Crippen molar-refractivity contribution in [1.82, 2.24) is 10.2 Å². The Bertz CT molecular complexity index is 2210. The van der Waals surface area contributed by atoms with E-state index in [0.717, 1.165) is 44.2 Å². The number of fused-ring (bicyclic) bond motifs is 2. The summed E-state index contributed by atoms with van der Waals surface area (Å²) in [6, 6.07) is 36.3. The molecule has 3 heterocycles. The first-order valence-corrected chi connectivity index (χ1v) is 17.3. The normalized spacial score (nSPS) is 29.0. The number of carbonyl (C=O) groups is 2. The van der Waals surface area contributed by atoms with Crippen molar-refractivity contribution in [3.8, 4) is 0 Å². The standard InChI is InChI=1S/C42H36ClN3O3/c1-25-10-14-27(15-11-25)34-22-46(3)42(33-9-5-7-28-6-4-8-32(35(28)33)38(42)47)40(34)23-44-24-41(39(40)48)36(29-16-12-26(2)13-17-29)37(45-49-41)30-18-20-31(43)21-19-30/h4-21,34,36,44H,22-24H2,1-3H3/t34-,36+,40-,41+,42+/m1/s1. The second-order valence-electron chi connectivity index (χ2n) is 14.3. The topological polar surface area (TPSA) is 71.0 Å². The molecule has 244 valence electrons. The van der Waals surface area contributed by atoms with E-state index >= 15 is 9.59 Å². The Kier molecular flexibility index (Phi) is 6.64. The number of hydrogen-bond acceptors (Lipinski definition) is 6. The summed E-state index contributed by atoms with van der Waals surface area (Å²) >= 11 is 6.32. The fraction of sp³-hybridized carbons (Fsp3) is 0.262. The molecular formula is C42H36ClN3O3. The lowest BCUT2D eigenvalue weighted by atomic mass is 9.52. The quantitative estimate of drug-likeness (QED) is 0.218. The molecule has 0 saturated carbocycles. The number of carbonyl (C=O) groups excluding carboxylic acids is 2. The molecule has 3 aliphatic heterocycles. The van der Waals surface area contributed by atoms with Crippen LogP contribution in [0.1, 0.15) is 55.6 Å². The van der Waals surface area contributed by atoms with Gasteiger partial charge in [-0.1, -0.05) is 125 Å². The van der Waals surface area contributed by atoms with E-state index in [0.29, 0.717) is 29.4 Å². The van der Waals surface area contributed by atoms with Gasteiger partial charge in [-0.05, 0) is 60.5 Å². The van der Waals surface area contributed by atoms with Crippen LogP contribution in [0, 0.1) is 19.3 Å². The molecular weight excluding hydrogens is 630 g/mol. The minimum atomic E-state index is -1.42. The number of aryl methyl sites for hydroxylation is 2. The maximum Gasteiger partial charge on any atom is 0.220 e. The highest BCUT2D eigenvalue weighted by molar-refractivity contribution is 6.30. The second-order valence-corrected chi connectivity index (χ2v) is 14.7. The average molecular weight is 666 g/mol. The van der Waals surface area contributed by atoms with Gasteiger partial charge in [-0.2, -0.15) is 0 Å². The highest BCUT2D eigenvalue weighted by Gasteiger charge is 2.78. The van der Waals surface area contributed by atoms with E-state index in [9.17, 15) is 0 Å². The summed E-state index contributed by atoms with van der Waals surface area (Å²) in [7, 11) is 2.01. The van der Waals surface area contributed by atoms with E-state index < -0.39 is 22.5 Å². The van der Waals surface area contributed by atoms with Crippen LogP contribution in [0.3, 0.4) is 0 Å². The summed E-state index contributed by atoms with van der Waals surface area (Å²) in [5.41, 5.74) is 3.33. The van der Waals surface area contributed by atoms with Gasteiger partial charge in [0.15, 0.2) is 11.6 Å². The van der Waals surface area contributed by atoms with Crippen molar-refractivity contribution in [2.24, 2.45) is 10.6 Å². The van der Waals surface area contributed by atoms with Crippen LogP contribution >= 0.6 is 11.6 Å². The molecule has 2 fully saturated rings. The number of Topliss-reactive ketones (excluding diaryl/α,β-unsaturated/α-hetero) is 2. The zero-order valence-corrected chi connectivity index (χ0v) is 28.4. The number of nitrogens with zero attached hydrogens (tertiary/aromatic N) is 2. The van der Waals surface area contributed by atoms with Crippen molar-refractivity contribution in [2.75, 3.05) is 26.7 Å². The molecule has 1 N–H and O–H groups in total. The zero-order valence-electron chi connectivity index (χ0n) is 27.7. The minimum absolute atomic E-state index is 0.0349. The lowest BCUT2D eigenvalue weighted by Crippen LogP contribution is -2.72. The largest absolute Gasteiger partial charge is 0.378 e. The van der Waals surface area contributed by atoms with Gasteiger partial charge in [0.1, 0.15) is 5.54 Å². The van der Waals surface area contributed by atoms with Crippen molar-refractivity contribution in [2.45, 2.75) is 36.8 Å². The molecule has 0 bridgehead atoms. The smallest absolute Gasteiger partial charge is 0.220 e. The van der Waals surface area contributed by atoms with Crippen molar-refractivity contribution in [3.05, 3.63) is 153 Å². The summed E-state index contributed by atoms with van der Waals surface area (Å²) < 4.78 is 0. The van der Waals surface area contributed by atoms with Crippen LogP contribution in [-0.2, 0) is 15.2 Å². The van der Waals surface area contributed by atoms with Crippen LogP contribution in [0.25, 0.3) is 10.8 Å². The first-order chi connectivity index (χ1) is 23.7. The number of likely N-dealkylation sites (N-methyl/N-ethyl adjacent to an activating group) is 1. The van der Waals surface area contributed by atoms with Gasteiger partial charge in [0.25, 0.3) is 0 Å². The number of likely N-dealkylation sites (tertiary alicyclic amines) is 1. The van der Waals surface area contributed by atoms with E-state index in [1.165, 1.54) is 0 Å². The van der Waals surface area contributed by atoms with Crippen LogP contribution in [0.4, 0.5) is 0 Å². The monoisotopic (exact) mass is 665 g/mol. The molecule has 1 aliphatic carbocycles. The molecule has 9 rings (SSSR count). The van der Waals surface area contributed by atoms with Crippen LogP contribution in [0.15, 0.2) is 114 Å². The first kappa shape index (κ1) is 30.4. The lowest BCUT2D eigenvalue weighted by molar-refractivity contribution is -0.164. The second kappa shape index (κ2) is 10.7. The van der Waals surface area contributed by atoms with E-state index in [4.69, 9.17) is 21.6 Å². The van der Waals surface area contributed by atoms with Gasteiger partial charge in [0.05, 0.1) is 17.0 Å². The minimum Gasteiger partial charge on any atom is -0.378 e. The van der Waals surface area contributed by atoms with Crippen LogP contribution in [-0.4, -0.2) is 54.5 Å². The van der Waals surface area contributed by atoms with Crippen molar-refractivity contribution >= 4 is 39.7 Å². The highest BCUT2D eigenvalue weighted by Crippen LogP contribution is 2.66. The highest BCUT2D eigenvalue weighted by atomic mass is 35.5. The number of ketones is 2. The molecule has 2 saturated heterocycles. The third-order valence-electron chi connectivity index (χ3n) is 11.8. The van der Waals surface area contributed by atoms with Gasteiger partial charge in [0, 0.05) is 41.7 Å². The summed E-state index contributed by atoms with van der Waals surface area (Å²) in [6.45, 7) is 5.19. The summed E-state index contributed by atoms with van der Waals surface area (Å²) in [6.07, 6.45) is 0. The number of piperidine rings is 1. The Balaban J connectivity index is 1.31. The Morgan fingerprint density at radius 2 is 1.47 bits per heavy atom. The van der Waals surface area contributed by atoms with Crippen LogP contribution in [0.2, 0.25) is 5.02 Å². The molecule has 0 aromatic heterocycles. The Labute approximate surface area is 290 Å². The maximum absolute atomic E-state index is 16.4. The zero-order chi connectivity index (χ0) is 33.7. The van der Waals surface area contributed by atoms with E-state index in [1.54, 1.807) is 0 Å². The Hall–Kier alpha value is -4.62. The maximum atomic E-state index is 16.4. The molecule has 0 amide bonds. The molecule has 3 spiro atoms. The molecule has 5 atom stereocenters. The van der Waals surface area contributed by atoms with Gasteiger partial charge < -0.3 is 10.2 Å². The van der Waals surface area contributed by atoms with Gasteiger partial charge in [-0.25, -0.2) is 0 Å². The molecule has 5 aromatic rings. The lowest BCUT2D eigenvalue weighted by Gasteiger charge is -2.53. The Morgan fingerprint density at radius 1 is 0.816 bits per heavy atom. The van der Waals surface area contributed by atoms with Crippen molar-refractivity contribution in [3.63, 3.8) is 0 Å². The number of rotatable bonds is 3. The number of benzene rings is 5. The molecule has 7 heteroatoms. The molecule has 6 nitrogen and oxygen atoms in total. The molecule has 4 aliphatic rings. The summed E-state index contributed by atoms with van der Waals surface area (Å²) in [5.74, 6) is -0.981. The van der Waals surface area contributed by atoms with Crippen molar-refractivity contribution < 1.29 is 14.4 Å². The number of oxime groups is 1. The van der Waals surface area contributed by atoms with Crippen molar-refractivity contribution in [1.29, 1.82) is 0 Å². The number of hydrogen-bond donors (Lipinski definition) is 1. The fourth-order valence-electron chi connectivity index (χ4n) is 9.67. The fourth-order valence-corrected chi connectivity index (χ4v) is 9.79. The number of halogens is 1. The Morgan fingerprint density at radius 3 is 2.16 bits per heavy atom. The number of nitrogens with one attached hydrogen (secondary N) is 1. The van der Waals surface area contributed by atoms with Gasteiger partial charge in [0.2, 0.25) is 5.60 Å². The van der Waals surface area contributed by atoms with Gasteiger partial charge >= 0.3 is 0 Å². The first-order valence-electron chi connectivity index (χ1n) is 16.9. The van der Waals surface area contributed by atoms with Gasteiger partial charge in [-0.3, -0.25) is 14.5 Å². The predicted octanol–water partition coefficient (Wildman–Crippen LogP) is 7.35. The molecule has 0 radical (unpaired) electrons. The molecule has 49 heavy (non-hydrogen) atoms. The third-order valence-corrected chi connectivity index (χ3v) is 12.0. The average Bonchev–Trinajstić information content (AvgIpc) is 3.70. The predicted molar refractivity (Wildman–Crippen MR) is 193 cm³/mol. The summed E-state index contributed by atoms with van der Waals surface area (Å²) in [5, 5.41) is 11.0. The van der Waals surface area contributed by atoms with E-state index in [1.807, 2.05) is 49.5 Å². The summed E-state index contributed by atoms with van der Waals surface area (Å²) in [4.78, 5) is 40.5. The SMILES string of the molecule is Cc1ccc([C@H]2CN(C)[C@@]3(C(=O)c4cccc5cccc3c45)[C@]23CNC[C@@]2(ON=C(c4ccc(Cl)cc4)[C@@H]2c2ccc(C)cc2)C3=O)cc1. The van der Waals surface area contributed by atoms with Crippen LogP contribution < -0.4 is 5.32 Å².